The number of nitrogens with one attached hydrogen (secondary N) is 1. The number of benzene rings is 2. The summed E-state index contributed by atoms with van der Waals surface area (Å²) in [4.78, 5) is 0. The third-order valence-corrected chi connectivity index (χ3v) is 5.25. The quantitative estimate of drug-likeness (QED) is 0.317. The molecular formula is C23H31BrClNO2. The molecule has 0 fully saturated rings. The van der Waals surface area contributed by atoms with Crippen molar-refractivity contribution in [1.29, 1.82) is 0 Å². The van der Waals surface area contributed by atoms with Gasteiger partial charge in [0, 0.05) is 11.6 Å². The van der Waals surface area contributed by atoms with E-state index >= 15 is 0 Å². The SMILES string of the molecule is CCCCCCCNCc1cc(Br)c(OCc2cccc(Cl)c2)c(OCC)c1. The van der Waals surface area contributed by atoms with Gasteiger partial charge >= 0.3 is 0 Å². The highest BCUT2D eigenvalue weighted by atomic mass is 79.9. The molecule has 5 heteroatoms. The number of ether oxygens (including phenoxy) is 2. The van der Waals surface area contributed by atoms with Crippen molar-refractivity contribution >= 4 is 27.5 Å². The smallest absolute Gasteiger partial charge is 0.175 e. The number of unbranched alkanes of at least 4 members (excludes halogenated alkanes) is 4. The van der Waals surface area contributed by atoms with E-state index in [-0.39, 0.29) is 0 Å². The topological polar surface area (TPSA) is 30.5 Å². The lowest BCUT2D eigenvalue weighted by Gasteiger charge is -2.16. The predicted octanol–water partition coefficient (Wildman–Crippen LogP) is 7.14. The Labute approximate surface area is 182 Å². The van der Waals surface area contributed by atoms with Gasteiger partial charge in [-0.3, -0.25) is 0 Å². The molecule has 0 bridgehead atoms. The molecule has 0 radical (unpaired) electrons. The fourth-order valence-electron chi connectivity index (χ4n) is 2.99. The normalized spacial score (nSPS) is 10.9. The zero-order valence-electron chi connectivity index (χ0n) is 16.9. The minimum absolute atomic E-state index is 0.439. The molecular weight excluding hydrogens is 438 g/mol. The maximum atomic E-state index is 6.06. The Kier molecular flexibility index (Phi) is 10.8. The molecule has 154 valence electrons. The molecule has 28 heavy (non-hydrogen) atoms. The molecule has 0 heterocycles. The zero-order valence-corrected chi connectivity index (χ0v) is 19.2. The van der Waals surface area contributed by atoms with E-state index in [0.29, 0.717) is 18.2 Å². The van der Waals surface area contributed by atoms with Crippen LogP contribution in [0.4, 0.5) is 0 Å². The standard InChI is InChI=1S/C23H31BrClNO2/c1-3-5-6-7-8-12-26-16-19-14-21(24)23(22(15-19)27-4-2)28-17-18-10-9-11-20(25)13-18/h9-11,13-15,26H,3-8,12,16-17H2,1-2H3. The van der Waals surface area contributed by atoms with Crippen LogP contribution in [0.2, 0.25) is 5.02 Å². The van der Waals surface area contributed by atoms with Gasteiger partial charge in [-0.25, -0.2) is 0 Å². The van der Waals surface area contributed by atoms with E-state index in [1.54, 1.807) is 0 Å². The summed E-state index contributed by atoms with van der Waals surface area (Å²) in [6, 6.07) is 11.9. The van der Waals surface area contributed by atoms with Crippen LogP contribution in [0.3, 0.4) is 0 Å². The first-order valence-electron chi connectivity index (χ1n) is 10.2. The van der Waals surface area contributed by atoms with Crippen molar-refractivity contribution in [3.05, 3.63) is 57.0 Å². The van der Waals surface area contributed by atoms with Crippen molar-refractivity contribution in [3.8, 4) is 11.5 Å². The average Bonchev–Trinajstić information content (AvgIpc) is 2.67. The number of hydrogen-bond donors (Lipinski definition) is 1. The summed E-state index contributed by atoms with van der Waals surface area (Å²) in [5, 5.41) is 4.24. The van der Waals surface area contributed by atoms with Crippen molar-refractivity contribution in [2.45, 2.75) is 59.1 Å². The lowest BCUT2D eigenvalue weighted by molar-refractivity contribution is 0.267. The van der Waals surface area contributed by atoms with Crippen molar-refractivity contribution in [1.82, 2.24) is 5.32 Å². The summed E-state index contributed by atoms with van der Waals surface area (Å²) in [6.45, 7) is 7.12. The van der Waals surface area contributed by atoms with E-state index in [9.17, 15) is 0 Å². The van der Waals surface area contributed by atoms with Gasteiger partial charge in [-0.05, 0) is 71.2 Å². The molecule has 0 atom stereocenters. The third kappa shape index (κ3) is 8.02. The van der Waals surface area contributed by atoms with Gasteiger partial charge in [0.2, 0.25) is 0 Å². The highest BCUT2D eigenvalue weighted by Gasteiger charge is 2.13. The summed E-state index contributed by atoms with van der Waals surface area (Å²) in [7, 11) is 0. The molecule has 0 saturated carbocycles. The second-order valence-electron chi connectivity index (χ2n) is 6.85. The minimum Gasteiger partial charge on any atom is -0.490 e. The number of rotatable bonds is 13. The lowest BCUT2D eigenvalue weighted by Crippen LogP contribution is -2.15. The Morgan fingerprint density at radius 2 is 1.79 bits per heavy atom. The Hall–Kier alpha value is -1.23. The van der Waals surface area contributed by atoms with Crippen LogP contribution in [0.15, 0.2) is 40.9 Å². The number of hydrogen-bond acceptors (Lipinski definition) is 3. The van der Waals surface area contributed by atoms with Gasteiger partial charge in [-0.15, -0.1) is 0 Å². The maximum absolute atomic E-state index is 6.06. The predicted molar refractivity (Wildman–Crippen MR) is 122 cm³/mol. The molecule has 0 aliphatic heterocycles. The van der Waals surface area contributed by atoms with E-state index in [2.05, 4.69) is 40.3 Å². The summed E-state index contributed by atoms with van der Waals surface area (Å²) in [6.07, 6.45) is 6.47. The molecule has 0 amide bonds. The Morgan fingerprint density at radius 1 is 0.964 bits per heavy atom. The average molecular weight is 469 g/mol. The van der Waals surface area contributed by atoms with E-state index in [1.165, 1.54) is 37.7 Å². The summed E-state index contributed by atoms with van der Waals surface area (Å²) >= 11 is 9.71. The summed E-state index contributed by atoms with van der Waals surface area (Å²) in [5.41, 5.74) is 2.20. The molecule has 2 aromatic rings. The van der Waals surface area contributed by atoms with Crippen molar-refractivity contribution < 1.29 is 9.47 Å². The Morgan fingerprint density at radius 3 is 2.54 bits per heavy atom. The molecule has 0 spiro atoms. The summed E-state index contributed by atoms with van der Waals surface area (Å²) in [5.74, 6) is 1.49. The van der Waals surface area contributed by atoms with Crippen LogP contribution in [0.5, 0.6) is 11.5 Å². The second kappa shape index (κ2) is 13.1. The minimum atomic E-state index is 0.439. The van der Waals surface area contributed by atoms with E-state index < -0.39 is 0 Å². The highest BCUT2D eigenvalue weighted by molar-refractivity contribution is 9.10. The Bertz CT molecular complexity index is 724. The first kappa shape index (κ1) is 23.1. The molecule has 3 nitrogen and oxygen atoms in total. The van der Waals surface area contributed by atoms with Crippen molar-refractivity contribution in [2.75, 3.05) is 13.2 Å². The molecule has 0 saturated heterocycles. The fraction of sp³-hybridized carbons (Fsp3) is 0.478. The monoisotopic (exact) mass is 467 g/mol. The summed E-state index contributed by atoms with van der Waals surface area (Å²) < 4.78 is 12.8. The van der Waals surface area contributed by atoms with Gasteiger partial charge in [0.25, 0.3) is 0 Å². The van der Waals surface area contributed by atoms with Crippen LogP contribution >= 0.6 is 27.5 Å². The molecule has 1 N–H and O–H groups in total. The molecule has 0 unspecified atom stereocenters. The van der Waals surface area contributed by atoms with Crippen molar-refractivity contribution in [2.24, 2.45) is 0 Å². The first-order chi connectivity index (χ1) is 13.6. The lowest BCUT2D eigenvalue weighted by atomic mass is 10.1. The third-order valence-electron chi connectivity index (χ3n) is 4.43. The maximum Gasteiger partial charge on any atom is 0.175 e. The largest absolute Gasteiger partial charge is 0.490 e. The molecule has 2 rings (SSSR count). The molecule has 2 aromatic carbocycles. The first-order valence-corrected chi connectivity index (χ1v) is 11.3. The van der Waals surface area contributed by atoms with Gasteiger partial charge in [-0.2, -0.15) is 0 Å². The van der Waals surface area contributed by atoms with Gasteiger partial charge in [-0.1, -0.05) is 56.3 Å². The Balaban J connectivity index is 1.94. The zero-order chi connectivity index (χ0) is 20.2. The van der Waals surface area contributed by atoms with E-state index in [4.69, 9.17) is 21.1 Å². The van der Waals surface area contributed by atoms with Crippen LogP contribution in [0, 0.1) is 0 Å². The molecule has 0 aliphatic rings. The second-order valence-corrected chi connectivity index (χ2v) is 8.14. The van der Waals surface area contributed by atoms with E-state index in [0.717, 1.165) is 34.6 Å². The van der Waals surface area contributed by atoms with Gasteiger partial charge in [0.1, 0.15) is 6.61 Å². The van der Waals surface area contributed by atoms with E-state index in [1.807, 2.05) is 31.2 Å². The van der Waals surface area contributed by atoms with Crippen LogP contribution in [-0.2, 0) is 13.2 Å². The van der Waals surface area contributed by atoms with Crippen LogP contribution < -0.4 is 14.8 Å². The van der Waals surface area contributed by atoms with Gasteiger partial charge in [0.15, 0.2) is 11.5 Å². The number of halogens is 2. The fourth-order valence-corrected chi connectivity index (χ4v) is 3.81. The molecule has 0 aromatic heterocycles. The van der Waals surface area contributed by atoms with Crippen LogP contribution in [0.25, 0.3) is 0 Å². The van der Waals surface area contributed by atoms with Gasteiger partial charge in [0.05, 0.1) is 11.1 Å². The van der Waals surface area contributed by atoms with Crippen molar-refractivity contribution in [3.63, 3.8) is 0 Å². The van der Waals surface area contributed by atoms with Gasteiger partial charge < -0.3 is 14.8 Å². The highest BCUT2D eigenvalue weighted by Crippen LogP contribution is 2.37. The molecule has 0 aliphatic carbocycles. The van der Waals surface area contributed by atoms with Crippen LogP contribution in [-0.4, -0.2) is 13.2 Å². The van der Waals surface area contributed by atoms with Crippen LogP contribution in [0.1, 0.15) is 57.1 Å².